The molecule has 0 saturated heterocycles. The maximum Gasteiger partial charge on any atom is 0.224 e. The first-order valence-electron chi connectivity index (χ1n) is 6.69. The third kappa shape index (κ3) is 4.41. The number of benzene rings is 1. The number of halogens is 1. The van der Waals surface area contributed by atoms with Crippen LogP contribution in [0.15, 0.2) is 30.3 Å². The summed E-state index contributed by atoms with van der Waals surface area (Å²) in [6, 6.07) is 9.28. The lowest BCUT2D eigenvalue weighted by atomic mass is 9.96. The zero-order valence-electron chi connectivity index (χ0n) is 12.7. The van der Waals surface area contributed by atoms with Crippen molar-refractivity contribution in [3.05, 3.63) is 46.9 Å². The molecular formula is C16H19ClN2O2. The minimum absolute atomic E-state index is 0.194. The molecule has 1 aromatic heterocycles. The van der Waals surface area contributed by atoms with Gasteiger partial charge in [0.05, 0.1) is 6.61 Å². The number of nitrogens with zero attached hydrogens (tertiary/aromatic N) is 2. The molecule has 2 aromatic rings. The van der Waals surface area contributed by atoms with Gasteiger partial charge in [0.2, 0.25) is 5.88 Å². The topological polar surface area (TPSA) is 44.2 Å². The van der Waals surface area contributed by atoms with Gasteiger partial charge >= 0.3 is 0 Å². The van der Waals surface area contributed by atoms with E-state index < -0.39 is 0 Å². The highest BCUT2D eigenvalue weighted by molar-refractivity contribution is 6.29. The Labute approximate surface area is 130 Å². The summed E-state index contributed by atoms with van der Waals surface area (Å²) in [6.45, 7) is 6.62. The van der Waals surface area contributed by atoms with Crippen molar-refractivity contribution in [2.75, 3.05) is 7.11 Å². The van der Waals surface area contributed by atoms with E-state index in [1.54, 1.807) is 13.2 Å². The summed E-state index contributed by atoms with van der Waals surface area (Å²) in [4.78, 5) is 8.67. The molecule has 0 bridgehead atoms. The smallest absolute Gasteiger partial charge is 0.224 e. The normalized spacial score (nSPS) is 11.5. The van der Waals surface area contributed by atoms with Crippen molar-refractivity contribution in [3.63, 3.8) is 0 Å². The molecule has 0 aliphatic rings. The van der Waals surface area contributed by atoms with Crippen molar-refractivity contribution in [2.24, 2.45) is 0 Å². The lowest BCUT2D eigenvalue weighted by molar-refractivity contribution is 0.184. The van der Waals surface area contributed by atoms with Gasteiger partial charge in [-0.2, -0.15) is 4.98 Å². The summed E-state index contributed by atoms with van der Waals surface area (Å²) >= 11 is 6.05. The van der Waals surface area contributed by atoms with Crippen molar-refractivity contribution in [1.82, 2.24) is 9.97 Å². The van der Waals surface area contributed by atoms with Crippen molar-refractivity contribution < 1.29 is 9.47 Å². The molecule has 0 aliphatic heterocycles. The Morgan fingerprint density at radius 3 is 2.57 bits per heavy atom. The third-order valence-electron chi connectivity index (χ3n) is 2.77. The van der Waals surface area contributed by atoms with Crippen molar-refractivity contribution in [2.45, 2.75) is 32.8 Å². The number of hydrogen-bond acceptors (Lipinski definition) is 4. The molecular weight excluding hydrogens is 288 g/mol. The minimum atomic E-state index is -0.194. The molecule has 2 rings (SSSR count). The van der Waals surface area contributed by atoms with Crippen LogP contribution in [-0.4, -0.2) is 17.1 Å². The minimum Gasteiger partial charge on any atom is -0.439 e. The molecule has 0 N–H and O–H groups in total. The highest BCUT2D eigenvalue weighted by atomic mass is 35.5. The predicted molar refractivity (Wildman–Crippen MR) is 83.0 cm³/mol. The first-order chi connectivity index (χ1) is 9.88. The van der Waals surface area contributed by atoms with E-state index in [1.165, 1.54) is 0 Å². The van der Waals surface area contributed by atoms with Gasteiger partial charge in [-0.05, 0) is 17.7 Å². The van der Waals surface area contributed by atoms with Gasteiger partial charge in [-0.3, -0.25) is 0 Å². The lowest BCUT2D eigenvalue weighted by Crippen LogP contribution is -2.16. The number of ether oxygens (including phenoxy) is 2. The van der Waals surface area contributed by atoms with E-state index in [0.29, 0.717) is 29.2 Å². The van der Waals surface area contributed by atoms with Crippen molar-refractivity contribution in [3.8, 4) is 11.6 Å². The molecule has 0 spiro atoms. The molecule has 0 aliphatic carbocycles. The average molecular weight is 307 g/mol. The summed E-state index contributed by atoms with van der Waals surface area (Å²) in [6.07, 6.45) is 0. The summed E-state index contributed by atoms with van der Waals surface area (Å²) in [5.41, 5.74) is 0.840. The van der Waals surface area contributed by atoms with E-state index >= 15 is 0 Å². The van der Waals surface area contributed by atoms with Crippen molar-refractivity contribution in [1.29, 1.82) is 0 Å². The first-order valence-corrected chi connectivity index (χ1v) is 7.07. The maximum absolute atomic E-state index is 6.05. The molecule has 1 aromatic carbocycles. The van der Waals surface area contributed by atoms with E-state index in [4.69, 9.17) is 21.1 Å². The van der Waals surface area contributed by atoms with Crippen LogP contribution >= 0.6 is 11.6 Å². The zero-order valence-corrected chi connectivity index (χ0v) is 13.4. The zero-order chi connectivity index (χ0) is 15.5. The molecule has 0 saturated carbocycles. The summed E-state index contributed by atoms with van der Waals surface area (Å²) < 4.78 is 10.9. The predicted octanol–water partition coefficient (Wildman–Crippen LogP) is 4.37. The highest BCUT2D eigenvalue weighted by Crippen LogP contribution is 2.26. The SMILES string of the molecule is COCc1cccc(Oc2cc(Cl)nc(C(C)(C)C)n2)c1. The molecule has 0 amide bonds. The van der Waals surface area contributed by atoms with Crippen molar-refractivity contribution >= 4 is 11.6 Å². The van der Waals surface area contributed by atoms with E-state index in [1.807, 2.05) is 45.0 Å². The Bertz CT molecular complexity index is 624. The van der Waals surface area contributed by atoms with Gasteiger partial charge in [-0.25, -0.2) is 4.98 Å². The van der Waals surface area contributed by atoms with Gasteiger partial charge in [0, 0.05) is 18.6 Å². The van der Waals surface area contributed by atoms with Crippen LogP contribution in [0, 0.1) is 0 Å². The third-order valence-corrected chi connectivity index (χ3v) is 2.97. The molecule has 0 atom stereocenters. The molecule has 112 valence electrons. The first kappa shape index (κ1) is 15.7. The Balaban J connectivity index is 2.27. The summed E-state index contributed by atoms with van der Waals surface area (Å²) in [7, 11) is 1.66. The second kappa shape index (κ2) is 6.41. The Kier molecular flexibility index (Phi) is 4.80. The Morgan fingerprint density at radius 1 is 1.14 bits per heavy atom. The van der Waals surface area contributed by atoms with Crippen LogP contribution in [0.4, 0.5) is 0 Å². The van der Waals surface area contributed by atoms with Crippen LogP contribution in [0.1, 0.15) is 32.2 Å². The standard InChI is InChI=1S/C16H19ClN2O2/c1-16(2,3)15-18-13(17)9-14(19-15)21-12-7-5-6-11(8-12)10-20-4/h5-9H,10H2,1-4H3. The van der Waals surface area contributed by atoms with Gasteiger partial charge in [0.1, 0.15) is 16.7 Å². The van der Waals surface area contributed by atoms with Gasteiger partial charge in [-0.1, -0.05) is 44.5 Å². The summed E-state index contributed by atoms with van der Waals surface area (Å²) in [5, 5.41) is 0.373. The number of hydrogen-bond donors (Lipinski definition) is 0. The molecule has 0 radical (unpaired) electrons. The van der Waals surface area contributed by atoms with Gasteiger partial charge < -0.3 is 9.47 Å². The molecule has 5 heteroatoms. The van der Waals surface area contributed by atoms with Crippen LogP contribution in [-0.2, 0) is 16.8 Å². The Hall–Kier alpha value is -1.65. The molecule has 4 nitrogen and oxygen atoms in total. The average Bonchev–Trinajstić information content (AvgIpc) is 2.38. The fourth-order valence-electron chi connectivity index (χ4n) is 1.77. The number of rotatable bonds is 4. The molecule has 0 fully saturated rings. The maximum atomic E-state index is 6.05. The van der Waals surface area contributed by atoms with Crippen LogP contribution in [0.5, 0.6) is 11.6 Å². The van der Waals surface area contributed by atoms with E-state index in [-0.39, 0.29) is 5.41 Å². The van der Waals surface area contributed by atoms with E-state index in [0.717, 1.165) is 5.56 Å². The Morgan fingerprint density at radius 2 is 1.90 bits per heavy atom. The van der Waals surface area contributed by atoms with E-state index in [2.05, 4.69) is 9.97 Å². The van der Waals surface area contributed by atoms with E-state index in [9.17, 15) is 0 Å². The summed E-state index contributed by atoms with van der Waals surface area (Å²) in [5.74, 6) is 1.78. The van der Waals surface area contributed by atoms with Gasteiger partial charge in [0.25, 0.3) is 0 Å². The fraction of sp³-hybridized carbons (Fsp3) is 0.375. The van der Waals surface area contributed by atoms with Gasteiger partial charge in [0.15, 0.2) is 0 Å². The quantitative estimate of drug-likeness (QED) is 0.787. The van der Waals surface area contributed by atoms with Crippen LogP contribution in [0.3, 0.4) is 0 Å². The number of methoxy groups -OCH3 is 1. The second-order valence-corrected chi connectivity index (χ2v) is 6.17. The number of aromatic nitrogens is 2. The molecule has 21 heavy (non-hydrogen) atoms. The second-order valence-electron chi connectivity index (χ2n) is 5.78. The monoisotopic (exact) mass is 306 g/mol. The molecule has 1 heterocycles. The van der Waals surface area contributed by atoms with Crippen LogP contribution in [0.2, 0.25) is 5.15 Å². The molecule has 0 unspecified atom stereocenters. The highest BCUT2D eigenvalue weighted by Gasteiger charge is 2.19. The van der Waals surface area contributed by atoms with Crippen LogP contribution < -0.4 is 4.74 Å². The fourth-order valence-corrected chi connectivity index (χ4v) is 1.94. The lowest BCUT2D eigenvalue weighted by Gasteiger charge is -2.17. The van der Waals surface area contributed by atoms with Gasteiger partial charge in [-0.15, -0.1) is 0 Å². The largest absolute Gasteiger partial charge is 0.439 e. The van der Waals surface area contributed by atoms with Crippen LogP contribution in [0.25, 0.3) is 0 Å².